The van der Waals surface area contributed by atoms with Crippen LogP contribution in [0.25, 0.3) is 0 Å². The summed E-state index contributed by atoms with van der Waals surface area (Å²) in [6, 6.07) is 11.2. The summed E-state index contributed by atoms with van der Waals surface area (Å²) < 4.78 is 0. The van der Waals surface area contributed by atoms with Gasteiger partial charge in [-0.25, -0.2) is 0 Å². The average Bonchev–Trinajstić information content (AvgIpc) is 2.63. The van der Waals surface area contributed by atoms with Crippen molar-refractivity contribution in [1.82, 2.24) is 4.90 Å². The molecule has 2 saturated heterocycles. The van der Waals surface area contributed by atoms with Gasteiger partial charge in [0.25, 0.3) is 0 Å². The maximum absolute atomic E-state index is 12.4. The summed E-state index contributed by atoms with van der Waals surface area (Å²) in [5, 5.41) is 0. The number of hydrogen-bond donors (Lipinski definition) is 0. The van der Waals surface area contributed by atoms with E-state index in [9.17, 15) is 4.79 Å². The van der Waals surface area contributed by atoms with E-state index in [1.807, 2.05) is 18.2 Å². The van der Waals surface area contributed by atoms with Gasteiger partial charge in [0.15, 0.2) is 0 Å². The maximum Gasteiger partial charge on any atom is 0.229 e. The fourth-order valence-corrected chi connectivity index (χ4v) is 6.38. The molecule has 2 heterocycles. The van der Waals surface area contributed by atoms with Crippen molar-refractivity contribution >= 4 is 11.6 Å². The van der Waals surface area contributed by atoms with Gasteiger partial charge in [-0.2, -0.15) is 0 Å². The number of carbonyl (C=O) groups is 1. The lowest BCUT2D eigenvalue weighted by atomic mass is 9.62. The zero-order valence-corrected chi connectivity index (χ0v) is 15.9. The van der Waals surface area contributed by atoms with E-state index in [1.54, 1.807) is 0 Å². The third-order valence-corrected chi connectivity index (χ3v) is 7.92. The van der Waals surface area contributed by atoms with Crippen molar-refractivity contribution < 1.29 is 4.79 Å². The van der Waals surface area contributed by atoms with Gasteiger partial charge in [0.1, 0.15) is 0 Å². The first-order valence-corrected chi connectivity index (χ1v) is 10.9. The van der Waals surface area contributed by atoms with Gasteiger partial charge in [0.05, 0.1) is 12.0 Å². The average molecular weight is 353 g/mol. The number of amides is 1. The smallest absolute Gasteiger partial charge is 0.229 e. The van der Waals surface area contributed by atoms with Crippen LogP contribution in [0, 0.1) is 11.8 Å². The van der Waals surface area contributed by atoms with Gasteiger partial charge >= 0.3 is 0 Å². The molecule has 2 aliphatic carbocycles. The summed E-state index contributed by atoms with van der Waals surface area (Å²) in [6.07, 6.45) is 13.3. The molecule has 0 aromatic heterocycles. The molecule has 1 spiro atoms. The molecule has 2 saturated carbocycles. The Bertz CT molecular complexity index is 649. The Labute approximate surface area is 157 Å². The molecular weight excluding hydrogens is 320 g/mol. The molecule has 0 bridgehead atoms. The molecule has 5 rings (SSSR count). The van der Waals surface area contributed by atoms with Crippen LogP contribution >= 0.6 is 0 Å². The van der Waals surface area contributed by atoms with Crippen molar-refractivity contribution in [2.75, 3.05) is 18.0 Å². The van der Waals surface area contributed by atoms with E-state index in [4.69, 9.17) is 0 Å². The normalized spacial score (nSPS) is 34.4. The number of nitrogens with zero attached hydrogens (tertiary/aromatic N) is 2. The first kappa shape index (κ1) is 16.8. The summed E-state index contributed by atoms with van der Waals surface area (Å²) in [5.74, 6) is 2.30. The zero-order valence-electron chi connectivity index (χ0n) is 15.9. The van der Waals surface area contributed by atoms with Crippen LogP contribution in [0.4, 0.5) is 5.69 Å². The molecule has 3 unspecified atom stereocenters. The largest absolute Gasteiger partial charge is 0.306 e. The van der Waals surface area contributed by atoms with Gasteiger partial charge in [0, 0.05) is 24.8 Å². The third-order valence-electron chi connectivity index (χ3n) is 7.92. The van der Waals surface area contributed by atoms with Gasteiger partial charge in [-0.15, -0.1) is 0 Å². The molecule has 0 N–H and O–H groups in total. The summed E-state index contributed by atoms with van der Waals surface area (Å²) in [7, 11) is 0. The first-order valence-electron chi connectivity index (χ1n) is 10.9. The highest BCUT2D eigenvalue weighted by atomic mass is 16.2. The SMILES string of the molecule is O=C1CC2(CCN(C3CC4CCCCCCC43)CC2)N1c1ccccc1. The Hall–Kier alpha value is -1.35. The summed E-state index contributed by atoms with van der Waals surface area (Å²) in [6.45, 7) is 2.37. The molecule has 1 aromatic carbocycles. The van der Waals surface area contributed by atoms with E-state index in [0.717, 1.165) is 42.8 Å². The highest BCUT2D eigenvalue weighted by molar-refractivity contribution is 6.02. The van der Waals surface area contributed by atoms with E-state index in [-0.39, 0.29) is 5.54 Å². The number of fused-ring (bicyclic) bond motifs is 1. The Morgan fingerprint density at radius 1 is 0.923 bits per heavy atom. The van der Waals surface area contributed by atoms with Crippen molar-refractivity contribution in [3.8, 4) is 0 Å². The molecule has 140 valence electrons. The van der Waals surface area contributed by atoms with Gasteiger partial charge in [-0.3, -0.25) is 9.69 Å². The maximum atomic E-state index is 12.4. The fraction of sp³-hybridized carbons (Fsp3) is 0.696. The highest BCUT2D eigenvalue weighted by Crippen LogP contribution is 2.49. The van der Waals surface area contributed by atoms with Crippen molar-refractivity contribution in [3.05, 3.63) is 30.3 Å². The summed E-state index contributed by atoms with van der Waals surface area (Å²) in [5.41, 5.74) is 1.21. The number of para-hydroxylation sites is 1. The number of benzene rings is 1. The molecule has 1 amide bonds. The van der Waals surface area contributed by atoms with Crippen LogP contribution < -0.4 is 4.90 Å². The van der Waals surface area contributed by atoms with E-state index < -0.39 is 0 Å². The van der Waals surface area contributed by atoms with Crippen molar-refractivity contribution in [1.29, 1.82) is 0 Å². The van der Waals surface area contributed by atoms with E-state index in [2.05, 4.69) is 21.9 Å². The van der Waals surface area contributed by atoms with Crippen LogP contribution in [0.1, 0.15) is 64.2 Å². The number of piperidine rings is 1. The molecule has 3 atom stereocenters. The van der Waals surface area contributed by atoms with Crippen LogP contribution in [0.3, 0.4) is 0 Å². The van der Waals surface area contributed by atoms with Gasteiger partial charge in [-0.1, -0.05) is 50.3 Å². The fourth-order valence-electron chi connectivity index (χ4n) is 6.38. The molecular formula is C23H32N2O. The van der Waals surface area contributed by atoms with Gasteiger partial charge in [0.2, 0.25) is 5.91 Å². The number of anilines is 1. The second kappa shape index (κ2) is 6.67. The lowest BCUT2D eigenvalue weighted by Crippen LogP contribution is -2.69. The van der Waals surface area contributed by atoms with E-state index in [1.165, 1.54) is 58.0 Å². The lowest BCUT2D eigenvalue weighted by Gasteiger charge is -2.59. The van der Waals surface area contributed by atoms with E-state index >= 15 is 0 Å². The minimum atomic E-state index is 0.110. The molecule has 4 fully saturated rings. The predicted octanol–water partition coefficient (Wildman–Crippen LogP) is 4.62. The number of rotatable bonds is 2. The summed E-state index contributed by atoms with van der Waals surface area (Å²) in [4.78, 5) is 17.3. The third kappa shape index (κ3) is 2.70. The van der Waals surface area contributed by atoms with Crippen LogP contribution in [-0.2, 0) is 4.79 Å². The Kier molecular flexibility index (Phi) is 4.31. The van der Waals surface area contributed by atoms with Crippen molar-refractivity contribution in [2.45, 2.75) is 75.8 Å². The Balaban J connectivity index is 1.23. The predicted molar refractivity (Wildman–Crippen MR) is 105 cm³/mol. The first-order chi connectivity index (χ1) is 12.8. The van der Waals surface area contributed by atoms with E-state index in [0.29, 0.717) is 5.91 Å². The highest BCUT2D eigenvalue weighted by Gasteiger charge is 2.54. The molecule has 2 aliphatic heterocycles. The molecule has 3 nitrogen and oxygen atoms in total. The number of β-lactam (4-membered cyclic amide) rings is 1. The van der Waals surface area contributed by atoms with Crippen LogP contribution in [0.2, 0.25) is 0 Å². The number of likely N-dealkylation sites (tertiary alicyclic amines) is 1. The summed E-state index contributed by atoms with van der Waals surface area (Å²) >= 11 is 0. The minimum Gasteiger partial charge on any atom is -0.306 e. The van der Waals surface area contributed by atoms with Crippen LogP contribution in [0.5, 0.6) is 0 Å². The molecule has 1 aromatic rings. The quantitative estimate of drug-likeness (QED) is 0.725. The number of carbonyl (C=O) groups excluding carboxylic acids is 1. The van der Waals surface area contributed by atoms with Crippen LogP contribution in [-0.4, -0.2) is 35.5 Å². The lowest BCUT2D eigenvalue weighted by molar-refractivity contribution is -0.130. The Morgan fingerprint density at radius 2 is 1.65 bits per heavy atom. The minimum absolute atomic E-state index is 0.110. The number of hydrogen-bond acceptors (Lipinski definition) is 2. The standard InChI is InChI=1S/C23H32N2O/c26-22-17-23(25(22)19-9-5-3-6-10-19)12-14-24(15-13-23)21-16-18-8-4-1-2-7-11-20(18)21/h3,5-6,9-10,18,20-21H,1-2,4,7-8,11-17H2. The molecule has 26 heavy (non-hydrogen) atoms. The second-order valence-electron chi connectivity index (χ2n) is 9.22. The van der Waals surface area contributed by atoms with Gasteiger partial charge in [-0.05, 0) is 49.7 Å². The molecule has 3 heteroatoms. The van der Waals surface area contributed by atoms with Gasteiger partial charge < -0.3 is 4.90 Å². The topological polar surface area (TPSA) is 23.6 Å². The zero-order chi connectivity index (χ0) is 17.6. The Morgan fingerprint density at radius 3 is 2.38 bits per heavy atom. The van der Waals surface area contributed by atoms with Crippen LogP contribution in [0.15, 0.2) is 30.3 Å². The molecule has 4 aliphatic rings. The monoisotopic (exact) mass is 352 g/mol. The molecule has 0 radical (unpaired) electrons. The van der Waals surface area contributed by atoms with Crippen molar-refractivity contribution in [2.24, 2.45) is 11.8 Å². The second-order valence-corrected chi connectivity index (χ2v) is 9.22. The van der Waals surface area contributed by atoms with Crippen molar-refractivity contribution in [3.63, 3.8) is 0 Å².